The third kappa shape index (κ3) is 3.91. The third-order valence-corrected chi connectivity index (χ3v) is 18.1. The van der Waals surface area contributed by atoms with Crippen LogP contribution in [0.1, 0.15) is 33.1 Å². The molecule has 4 rings (SSSR count). The van der Waals surface area contributed by atoms with Crippen LogP contribution in [0.4, 0.5) is 0 Å². The van der Waals surface area contributed by atoms with Crippen LogP contribution in [0.2, 0.25) is 0 Å². The number of rotatable bonds is 8. The van der Waals surface area contributed by atoms with E-state index in [0.717, 1.165) is 19.3 Å². The molecule has 1 aliphatic heterocycles. The first-order chi connectivity index (χ1) is 15.0. The van der Waals surface area contributed by atoms with Gasteiger partial charge in [0.05, 0.1) is 0 Å². The molecule has 1 unspecified atom stereocenters. The predicted octanol–water partition coefficient (Wildman–Crippen LogP) is 6.15. The molecule has 31 heavy (non-hydrogen) atoms. The monoisotopic (exact) mass is 498 g/mol. The Morgan fingerprint density at radius 3 is 1.52 bits per heavy atom. The molecule has 0 radical (unpaired) electrons. The van der Waals surface area contributed by atoms with Crippen LogP contribution in [-0.4, -0.2) is 24.7 Å². The first kappa shape index (κ1) is 22.7. The Morgan fingerprint density at radius 1 is 0.774 bits per heavy atom. The van der Waals surface area contributed by atoms with E-state index in [4.69, 9.17) is 9.47 Å². The molecule has 3 aromatic rings. The van der Waals surface area contributed by atoms with Crippen LogP contribution in [-0.2, 0) is 9.47 Å². The minimum atomic E-state index is -2.98. The fraction of sp³-hybridized carbons (Fsp3) is 0.333. The Balaban J connectivity index is 1.95. The summed E-state index contributed by atoms with van der Waals surface area (Å²) in [6.45, 7) is 5.77. The van der Waals surface area contributed by atoms with Gasteiger partial charge in [-0.3, -0.25) is 0 Å². The van der Waals surface area contributed by atoms with Gasteiger partial charge in [0.2, 0.25) is 0 Å². The summed E-state index contributed by atoms with van der Waals surface area (Å²) in [6, 6.07) is 33.2. The van der Waals surface area contributed by atoms with E-state index in [9.17, 15) is 0 Å². The molecule has 1 atom stereocenters. The fourth-order valence-electron chi connectivity index (χ4n) is 5.16. The van der Waals surface area contributed by atoms with Crippen molar-refractivity contribution in [3.8, 4) is 0 Å². The zero-order chi connectivity index (χ0) is 21.8. The molecule has 0 saturated carbocycles. The summed E-state index contributed by atoms with van der Waals surface area (Å²) in [6.07, 6.45) is 2.94. The number of benzene rings is 3. The van der Waals surface area contributed by atoms with Crippen LogP contribution in [0.25, 0.3) is 0 Å². The first-order valence-corrected chi connectivity index (χ1v) is 15.5. The molecule has 1 saturated heterocycles. The molecule has 4 heteroatoms. The van der Waals surface area contributed by atoms with Gasteiger partial charge >= 0.3 is 195 Å². The second kappa shape index (κ2) is 9.16. The quantitative estimate of drug-likeness (QED) is 0.347. The second-order valence-corrected chi connectivity index (χ2v) is 17.4. The van der Waals surface area contributed by atoms with Crippen molar-refractivity contribution < 1.29 is 9.47 Å². The number of hydrogen-bond acceptors (Lipinski definition) is 2. The van der Waals surface area contributed by atoms with Gasteiger partial charge in [0, 0.05) is 0 Å². The average molecular weight is 499 g/mol. The van der Waals surface area contributed by atoms with Gasteiger partial charge in [0.1, 0.15) is 0 Å². The van der Waals surface area contributed by atoms with Crippen LogP contribution in [0.15, 0.2) is 91.0 Å². The normalized spacial score (nSPS) is 18.2. The van der Waals surface area contributed by atoms with Gasteiger partial charge < -0.3 is 0 Å². The molecule has 0 N–H and O–H groups in total. The van der Waals surface area contributed by atoms with Crippen molar-refractivity contribution in [2.45, 2.75) is 44.6 Å². The molecule has 1 heterocycles. The van der Waals surface area contributed by atoms with Crippen LogP contribution in [0.5, 0.6) is 0 Å². The van der Waals surface area contributed by atoms with Crippen molar-refractivity contribution in [1.29, 1.82) is 0 Å². The Morgan fingerprint density at radius 2 is 1.16 bits per heavy atom. The van der Waals surface area contributed by atoms with Gasteiger partial charge in [-0.1, -0.05) is 0 Å². The SMILES string of the molecule is CCC(CCC1(C)OCCO1)P(Br)(c1ccccc1)(c1ccccc1)c1ccccc1. The van der Waals surface area contributed by atoms with Crippen LogP contribution < -0.4 is 15.9 Å². The topological polar surface area (TPSA) is 18.5 Å². The van der Waals surface area contributed by atoms with Gasteiger partial charge in [0.25, 0.3) is 0 Å². The Hall–Kier alpha value is -1.51. The average Bonchev–Trinajstić information content (AvgIpc) is 3.27. The molecular formula is C27H32BrO2P. The Bertz CT molecular complexity index is 872. The predicted molar refractivity (Wildman–Crippen MR) is 138 cm³/mol. The molecule has 0 aromatic heterocycles. The summed E-state index contributed by atoms with van der Waals surface area (Å²) in [4.78, 5) is 0. The van der Waals surface area contributed by atoms with Gasteiger partial charge in [-0.2, -0.15) is 0 Å². The molecule has 2 nitrogen and oxygen atoms in total. The van der Waals surface area contributed by atoms with E-state index >= 15 is 0 Å². The zero-order valence-electron chi connectivity index (χ0n) is 18.4. The summed E-state index contributed by atoms with van der Waals surface area (Å²) in [5.74, 6) is -0.486. The van der Waals surface area contributed by atoms with E-state index in [-0.39, 0.29) is 0 Å². The van der Waals surface area contributed by atoms with Crippen molar-refractivity contribution in [3.05, 3.63) is 91.0 Å². The van der Waals surface area contributed by atoms with Gasteiger partial charge in [-0.25, -0.2) is 0 Å². The van der Waals surface area contributed by atoms with E-state index in [1.807, 2.05) is 0 Å². The first-order valence-electron chi connectivity index (χ1n) is 11.2. The van der Waals surface area contributed by atoms with Crippen molar-refractivity contribution in [1.82, 2.24) is 0 Å². The van der Waals surface area contributed by atoms with Gasteiger partial charge in [-0.05, 0) is 0 Å². The van der Waals surface area contributed by atoms with Gasteiger partial charge in [0.15, 0.2) is 0 Å². The van der Waals surface area contributed by atoms with Crippen LogP contribution >= 0.6 is 20.8 Å². The second-order valence-electron chi connectivity index (χ2n) is 8.51. The Kier molecular flexibility index (Phi) is 6.70. The minimum absolute atomic E-state index is 0.392. The molecule has 164 valence electrons. The summed E-state index contributed by atoms with van der Waals surface area (Å²) >= 11 is 4.62. The number of ether oxygens (including phenoxy) is 2. The van der Waals surface area contributed by atoms with Crippen molar-refractivity contribution in [2.24, 2.45) is 0 Å². The zero-order valence-corrected chi connectivity index (χ0v) is 20.9. The standard InChI is InChI=1S/C27H32BrO2P/c1-3-23(19-20-27(2)29-21-22-30-27)31(28,24-13-7-4-8-14-24,25-15-9-5-10-16-25)26-17-11-6-12-18-26/h4-18,23H,3,19-22H2,1-2H3. The van der Waals surface area contributed by atoms with Crippen molar-refractivity contribution in [3.63, 3.8) is 0 Å². The molecular weight excluding hydrogens is 467 g/mol. The van der Waals surface area contributed by atoms with E-state index < -0.39 is 11.1 Å². The maximum absolute atomic E-state index is 5.98. The van der Waals surface area contributed by atoms with Crippen molar-refractivity contribution in [2.75, 3.05) is 13.2 Å². The van der Waals surface area contributed by atoms with E-state index in [1.165, 1.54) is 15.9 Å². The molecule has 0 bridgehead atoms. The van der Waals surface area contributed by atoms with E-state index in [2.05, 4.69) is 120 Å². The molecule has 1 aliphatic rings. The van der Waals surface area contributed by atoms with Crippen LogP contribution in [0, 0.1) is 0 Å². The van der Waals surface area contributed by atoms with Gasteiger partial charge in [-0.15, -0.1) is 0 Å². The summed E-state index contributed by atoms with van der Waals surface area (Å²) in [5, 5.41) is 1.14. The summed E-state index contributed by atoms with van der Waals surface area (Å²) < 4.78 is 12.0. The molecule has 3 aromatic carbocycles. The number of halogens is 1. The number of hydrogen-bond donors (Lipinski definition) is 0. The van der Waals surface area contributed by atoms with E-state index in [1.54, 1.807) is 0 Å². The fourth-order valence-corrected chi connectivity index (χ4v) is 14.5. The summed E-state index contributed by atoms with van der Waals surface area (Å²) in [7, 11) is 0. The molecule has 1 fully saturated rings. The maximum atomic E-state index is 5.98. The molecule has 0 amide bonds. The van der Waals surface area contributed by atoms with Crippen LogP contribution in [0.3, 0.4) is 0 Å². The molecule has 0 spiro atoms. The van der Waals surface area contributed by atoms with E-state index in [0.29, 0.717) is 18.9 Å². The Labute approximate surface area is 194 Å². The van der Waals surface area contributed by atoms with Crippen molar-refractivity contribution >= 4 is 36.7 Å². The molecule has 0 aliphatic carbocycles. The third-order valence-electron chi connectivity index (χ3n) is 6.77. The summed E-state index contributed by atoms with van der Waals surface area (Å²) in [5.41, 5.74) is 0.392.